The lowest BCUT2D eigenvalue weighted by molar-refractivity contribution is -0.117. The molecular weight excluding hydrogens is 318 g/mol. The molecule has 0 bridgehead atoms. The van der Waals surface area contributed by atoms with Gasteiger partial charge < -0.3 is 10.1 Å². The van der Waals surface area contributed by atoms with Gasteiger partial charge in [0.1, 0.15) is 17.4 Å². The molecular formula is C15H18ClN5O2. The van der Waals surface area contributed by atoms with Crippen molar-refractivity contribution in [2.45, 2.75) is 20.0 Å². The number of benzene rings is 1. The van der Waals surface area contributed by atoms with Crippen LogP contribution in [0.1, 0.15) is 11.6 Å². The Balaban J connectivity index is 1.59. The van der Waals surface area contributed by atoms with Gasteiger partial charge in [0.2, 0.25) is 5.91 Å². The van der Waals surface area contributed by atoms with Crippen LogP contribution in [0.15, 0.2) is 18.2 Å². The van der Waals surface area contributed by atoms with Crippen LogP contribution >= 0.6 is 11.6 Å². The van der Waals surface area contributed by atoms with Gasteiger partial charge in [0, 0.05) is 12.2 Å². The highest BCUT2D eigenvalue weighted by molar-refractivity contribution is 6.32. The van der Waals surface area contributed by atoms with Gasteiger partial charge in [-0.3, -0.25) is 9.69 Å². The van der Waals surface area contributed by atoms with Crippen LogP contribution in [0.3, 0.4) is 0 Å². The minimum absolute atomic E-state index is 0.0871. The highest BCUT2D eigenvalue weighted by atomic mass is 35.5. The van der Waals surface area contributed by atoms with Crippen molar-refractivity contribution in [3.63, 3.8) is 0 Å². The van der Waals surface area contributed by atoms with Crippen molar-refractivity contribution in [2.24, 2.45) is 0 Å². The summed E-state index contributed by atoms with van der Waals surface area (Å²) in [6, 6.07) is 5.16. The molecule has 2 heterocycles. The summed E-state index contributed by atoms with van der Waals surface area (Å²) in [6.45, 7) is 4.31. The van der Waals surface area contributed by atoms with Crippen LogP contribution < -0.4 is 10.1 Å². The molecule has 2 aromatic rings. The van der Waals surface area contributed by atoms with E-state index in [0.29, 0.717) is 29.5 Å². The first-order chi connectivity index (χ1) is 11.0. The third-order valence-corrected chi connectivity index (χ3v) is 3.95. The summed E-state index contributed by atoms with van der Waals surface area (Å²) in [6.07, 6.45) is 0. The Morgan fingerprint density at radius 2 is 2.26 bits per heavy atom. The zero-order chi connectivity index (χ0) is 16.4. The molecule has 1 aromatic carbocycles. The maximum absolute atomic E-state index is 12.2. The summed E-state index contributed by atoms with van der Waals surface area (Å²) < 4.78 is 6.99. The quantitative estimate of drug-likeness (QED) is 0.920. The minimum Gasteiger partial charge on any atom is -0.495 e. The van der Waals surface area contributed by atoms with Crippen LogP contribution in [0.5, 0.6) is 5.75 Å². The third-order valence-electron chi connectivity index (χ3n) is 3.65. The van der Waals surface area contributed by atoms with Gasteiger partial charge >= 0.3 is 0 Å². The summed E-state index contributed by atoms with van der Waals surface area (Å²) in [5.74, 6) is 2.15. The van der Waals surface area contributed by atoms with Gasteiger partial charge in [-0.15, -0.1) is 0 Å². The Bertz CT molecular complexity index is 731. The largest absolute Gasteiger partial charge is 0.495 e. The lowest BCUT2D eigenvalue weighted by Crippen LogP contribution is -2.39. The van der Waals surface area contributed by atoms with Gasteiger partial charge in [-0.1, -0.05) is 11.6 Å². The van der Waals surface area contributed by atoms with Gasteiger partial charge in [-0.25, -0.2) is 9.67 Å². The van der Waals surface area contributed by atoms with E-state index < -0.39 is 0 Å². The maximum Gasteiger partial charge on any atom is 0.238 e. The molecule has 3 rings (SSSR count). The molecule has 0 spiro atoms. The first kappa shape index (κ1) is 15.8. The predicted molar refractivity (Wildman–Crippen MR) is 86.7 cm³/mol. The minimum atomic E-state index is -0.0871. The second-order valence-electron chi connectivity index (χ2n) is 5.41. The number of rotatable bonds is 4. The smallest absolute Gasteiger partial charge is 0.238 e. The summed E-state index contributed by atoms with van der Waals surface area (Å²) in [4.78, 5) is 18.6. The second kappa shape index (κ2) is 6.55. The average molecular weight is 336 g/mol. The predicted octanol–water partition coefficient (Wildman–Crippen LogP) is 1.70. The van der Waals surface area contributed by atoms with E-state index in [9.17, 15) is 4.79 Å². The van der Waals surface area contributed by atoms with Gasteiger partial charge in [-0.05, 0) is 25.1 Å². The standard InChI is InChI=1S/C15H18ClN5O2/c1-10-17-14-8-20(5-6-21(14)19-10)9-15(22)18-11-3-4-13(23-2)12(16)7-11/h3-4,7H,5-6,8-9H2,1-2H3,(H,18,22). The number of hydrogen-bond acceptors (Lipinski definition) is 5. The molecule has 0 radical (unpaired) electrons. The Kier molecular flexibility index (Phi) is 4.49. The fourth-order valence-electron chi connectivity index (χ4n) is 2.59. The number of methoxy groups -OCH3 is 1. The number of anilines is 1. The van der Waals surface area contributed by atoms with Crippen molar-refractivity contribution in [3.05, 3.63) is 34.9 Å². The molecule has 122 valence electrons. The summed E-state index contributed by atoms with van der Waals surface area (Å²) in [5, 5.41) is 7.62. The summed E-state index contributed by atoms with van der Waals surface area (Å²) in [5.41, 5.74) is 0.650. The van der Waals surface area contributed by atoms with E-state index in [1.54, 1.807) is 25.3 Å². The molecule has 1 aliphatic heterocycles. The number of carbonyl (C=O) groups is 1. The number of nitrogens with one attached hydrogen (secondary N) is 1. The topological polar surface area (TPSA) is 72.3 Å². The maximum atomic E-state index is 12.2. The summed E-state index contributed by atoms with van der Waals surface area (Å²) >= 11 is 6.06. The van der Waals surface area contributed by atoms with Crippen molar-refractivity contribution in [1.29, 1.82) is 0 Å². The van der Waals surface area contributed by atoms with Gasteiger partial charge in [0.15, 0.2) is 0 Å². The number of amides is 1. The molecule has 23 heavy (non-hydrogen) atoms. The Labute approximate surface area is 139 Å². The third kappa shape index (κ3) is 3.62. The Morgan fingerprint density at radius 3 is 3.00 bits per heavy atom. The molecule has 0 fully saturated rings. The van der Waals surface area contributed by atoms with Crippen LogP contribution in [0, 0.1) is 6.92 Å². The zero-order valence-corrected chi connectivity index (χ0v) is 13.8. The van der Waals surface area contributed by atoms with Gasteiger partial charge in [0.25, 0.3) is 0 Å². The monoisotopic (exact) mass is 335 g/mol. The number of aromatic nitrogens is 3. The molecule has 1 amide bonds. The summed E-state index contributed by atoms with van der Waals surface area (Å²) in [7, 11) is 1.55. The molecule has 7 nitrogen and oxygen atoms in total. The number of fused-ring (bicyclic) bond motifs is 1. The number of carbonyl (C=O) groups excluding carboxylic acids is 1. The first-order valence-corrected chi connectivity index (χ1v) is 7.69. The molecule has 0 aliphatic carbocycles. The van der Waals surface area contributed by atoms with Crippen molar-refractivity contribution < 1.29 is 9.53 Å². The van der Waals surface area contributed by atoms with Crippen LogP contribution in [-0.2, 0) is 17.9 Å². The lowest BCUT2D eigenvalue weighted by Gasteiger charge is -2.25. The fraction of sp³-hybridized carbons (Fsp3) is 0.400. The number of nitrogens with zero attached hydrogens (tertiary/aromatic N) is 4. The zero-order valence-electron chi connectivity index (χ0n) is 13.0. The molecule has 8 heteroatoms. The van der Waals surface area contributed by atoms with Gasteiger partial charge in [-0.2, -0.15) is 5.10 Å². The molecule has 1 aromatic heterocycles. The molecule has 0 unspecified atom stereocenters. The van der Waals surface area contributed by atoms with Gasteiger partial charge in [0.05, 0.1) is 31.8 Å². The highest BCUT2D eigenvalue weighted by Crippen LogP contribution is 2.27. The average Bonchev–Trinajstić information content (AvgIpc) is 2.86. The molecule has 1 N–H and O–H groups in total. The van der Waals surface area contributed by atoms with E-state index in [2.05, 4.69) is 15.4 Å². The Morgan fingerprint density at radius 1 is 1.43 bits per heavy atom. The molecule has 0 atom stereocenters. The number of halogens is 1. The van der Waals surface area contributed by atoms with Crippen molar-refractivity contribution in [1.82, 2.24) is 19.7 Å². The van der Waals surface area contributed by atoms with E-state index in [-0.39, 0.29) is 5.91 Å². The highest BCUT2D eigenvalue weighted by Gasteiger charge is 2.20. The van der Waals surface area contributed by atoms with Crippen molar-refractivity contribution in [3.8, 4) is 5.75 Å². The lowest BCUT2D eigenvalue weighted by atomic mass is 10.3. The SMILES string of the molecule is COc1ccc(NC(=O)CN2CCn3nc(C)nc3C2)cc1Cl. The van der Waals surface area contributed by atoms with Crippen molar-refractivity contribution >= 4 is 23.2 Å². The fourth-order valence-corrected chi connectivity index (χ4v) is 2.85. The van der Waals surface area contributed by atoms with E-state index in [4.69, 9.17) is 16.3 Å². The van der Waals surface area contributed by atoms with E-state index in [0.717, 1.165) is 24.7 Å². The van der Waals surface area contributed by atoms with E-state index in [1.807, 2.05) is 16.5 Å². The van der Waals surface area contributed by atoms with Crippen LogP contribution in [0.4, 0.5) is 5.69 Å². The van der Waals surface area contributed by atoms with Crippen LogP contribution in [0.2, 0.25) is 5.02 Å². The normalized spacial score (nSPS) is 14.4. The van der Waals surface area contributed by atoms with Crippen LogP contribution in [0.25, 0.3) is 0 Å². The van der Waals surface area contributed by atoms with E-state index in [1.165, 1.54) is 0 Å². The second-order valence-corrected chi connectivity index (χ2v) is 5.81. The first-order valence-electron chi connectivity index (χ1n) is 7.31. The number of hydrogen-bond donors (Lipinski definition) is 1. The molecule has 1 aliphatic rings. The number of aryl methyl sites for hydroxylation is 1. The molecule has 0 saturated heterocycles. The molecule has 0 saturated carbocycles. The van der Waals surface area contributed by atoms with E-state index >= 15 is 0 Å². The van der Waals surface area contributed by atoms with Crippen LogP contribution in [-0.4, -0.2) is 45.8 Å². The van der Waals surface area contributed by atoms with Crippen molar-refractivity contribution in [2.75, 3.05) is 25.5 Å². The Hall–Kier alpha value is -2.12. The number of ether oxygens (including phenoxy) is 1.